The summed E-state index contributed by atoms with van der Waals surface area (Å²) in [4.78, 5) is 10.6. The van der Waals surface area contributed by atoms with Crippen molar-refractivity contribution in [2.24, 2.45) is 0 Å². The minimum atomic E-state index is -0.998. The van der Waals surface area contributed by atoms with E-state index in [1.54, 1.807) is 6.92 Å². The molecule has 0 spiro atoms. The van der Waals surface area contributed by atoms with E-state index < -0.39 is 11.8 Å². The molecule has 0 saturated carbocycles. The predicted octanol–water partition coefficient (Wildman–Crippen LogP) is 1.76. The molecule has 0 fully saturated rings. The van der Waals surface area contributed by atoms with Crippen molar-refractivity contribution in [1.82, 2.24) is 14.8 Å². The highest BCUT2D eigenvalue weighted by Crippen LogP contribution is 2.24. The Balaban J connectivity index is 2.44. The molecule has 0 atom stereocenters. The SMILES string of the molecule is Cc1nnc(SCC(=O)O)n1-c1ccc(C#N)cc1F. The van der Waals surface area contributed by atoms with Gasteiger partial charge in [0.15, 0.2) is 5.16 Å². The fourth-order valence-corrected chi connectivity index (χ4v) is 2.31. The van der Waals surface area contributed by atoms with Crippen LogP contribution in [-0.4, -0.2) is 31.6 Å². The number of halogens is 1. The van der Waals surface area contributed by atoms with Gasteiger partial charge < -0.3 is 5.11 Å². The van der Waals surface area contributed by atoms with Crippen molar-refractivity contribution in [3.8, 4) is 11.8 Å². The van der Waals surface area contributed by atoms with Crippen molar-refractivity contribution in [2.45, 2.75) is 12.1 Å². The summed E-state index contributed by atoms with van der Waals surface area (Å²) in [6, 6.07) is 5.87. The number of carboxylic acids is 1. The summed E-state index contributed by atoms with van der Waals surface area (Å²) in [5, 5.41) is 25.3. The molecule has 1 heterocycles. The van der Waals surface area contributed by atoms with Gasteiger partial charge in [-0.2, -0.15) is 5.26 Å². The van der Waals surface area contributed by atoms with E-state index in [9.17, 15) is 9.18 Å². The fraction of sp³-hybridized carbons (Fsp3) is 0.167. The number of carboxylic acid groups (broad SMARTS) is 1. The van der Waals surface area contributed by atoms with Crippen LogP contribution in [0, 0.1) is 24.1 Å². The van der Waals surface area contributed by atoms with Crippen LogP contribution in [0.3, 0.4) is 0 Å². The Morgan fingerprint density at radius 1 is 1.55 bits per heavy atom. The number of carbonyl (C=O) groups is 1. The van der Waals surface area contributed by atoms with E-state index >= 15 is 0 Å². The molecule has 1 aromatic carbocycles. The number of hydrogen-bond acceptors (Lipinski definition) is 5. The van der Waals surface area contributed by atoms with Gasteiger partial charge in [0, 0.05) is 0 Å². The van der Waals surface area contributed by atoms with Gasteiger partial charge >= 0.3 is 5.97 Å². The number of benzene rings is 1. The first kappa shape index (κ1) is 14.0. The minimum absolute atomic E-state index is 0.180. The lowest BCUT2D eigenvalue weighted by Gasteiger charge is -2.08. The summed E-state index contributed by atoms with van der Waals surface area (Å²) in [7, 11) is 0. The maximum absolute atomic E-state index is 14.0. The van der Waals surface area contributed by atoms with Gasteiger partial charge in [-0.25, -0.2) is 4.39 Å². The van der Waals surface area contributed by atoms with Gasteiger partial charge in [-0.15, -0.1) is 10.2 Å². The first-order chi connectivity index (χ1) is 9.52. The number of thioether (sulfide) groups is 1. The van der Waals surface area contributed by atoms with Crippen LogP contribution < -0.4 is 0 Å². The van der Waals surface area contributed by atoms with Crippen LogP contribution in [0.1, 0.15) is 11.4 Å². The smallest absolute Gasteiger partial charge is 0.313 e. The minimum Gasteiger partial charge on any atom is -0.481 e. The van der Waals surface area contributed by atoms with Gasteiger partial charge in [0.25, 0.3) is 0 Å². The highest BCUT2D eigenvalue weighted by atomic mass is 32.2. The van der Waals surface area contributed by atoms with E-state index in [0.717, 1.165) is 17.8 Å². The number of aliphatic carboxylic acids is 1. The van der Waals surface area contributed by atoms with E-state index in [4.69, 9.17) is 10.4 Å². The third-order valence-corrected chi connectivity index (χ3v) is 3.35. The van der Waals surface area contributed by atoms with Crippen molar-refractivity contribution < 1.29 is 14.3 Å². The van der Waals surface area contributed by atoms with Crippen LogP contribution in [-0.2, 0) is 4.79 Å². The topological polar surface area (TPSA) is 91.8 Å². The third-order valence-electron chi connectivity index (χ3n) is 2.44. The quantitative estimate of drug-likeness (QED) is 0.863. The average Bonchev–Trinajstić information content (AvgIpc) is 2.77. The number of hydrogen-bond donors (Lipinski definition) is 1. The van der Waals surface area contributed by atoms with E-state index in [0.29, 0.717) is 5.82 Å². The molecule has 1 aromatic heterocycles. The van der Waals surface area contributed by atoms with E-state index in [1.807, 2.05) is 6.07 Å². The zero-order valence-corrected chi connectivity index (χ0v) is 11.2. The van der Waals surface area contributed by atoms with Crippen LogP contribution in [0.4, 0.5) is 4.39 Å². The highest BCUT2D eigenvalue weighted by Gasteiger charge is 2.16. The summed E-state index contributed by atoms with van der Waals surface area (Å²) in [5.41, 5.74) is 0.385. The van der Waals surface area contributed by atoms with Crippen LogP contribution in [0.2, 0.25) is 0 Å². The van der Waals surface area contributed by atoms with Gasteiger partial charge in [0.05, 0.1) is 23.1 Å². The Morgan fingerprint density at radius 3 is 2.90 bits per heavy atom. The molecule has 6 nitrogen and oxygen atoms in total. The largest absolute Gasteiger partial charge is 0.481 e. The molecule has 0 amide bonds. The van der Waals surface area contributed by atoms with Gasteiger partial charge in [0.1, 0.15) is 11.6 Å². The summed E-state index contributed by atoms with van der Waals surface area (Å²) >= 11 is 0.948. The average molecular weight is 292 g/mol. The van der Waals surface area contributed by atoms with Crippen LogP contribution in [0.5, 0.6) is 0 Å². The number of aromatic nitrogens is 3. The molecule has 102 valence electrons. The van der Waals surface area contributed by atoms with Gasteiger partial charge in [-0.05, 0) is 25.1 Å². The van der Waals surface area contributed by atoms with Crippen LogP contribution in [0.15, 0.2) is 23.4 Å². The van der Waals surface area contributed by atoms with Gasteiger partial charge in [-0.1, -0.05) is 11.8 Å². The molecule has 2 rings (SSSR count). The lowest BCUT2D eigenvalue weighted by atomic mass is 10.2. The molecule has 2 aromatic rings. The third kappa shape index (κ3) is 2.78. The molecule has 0 bridgehead atoms. The zero-order chi connectivity index (χ0) is 14.7. The number of nitrogens with zero attached hydrogens (tertiary/aromatic N) is 4. The molecule has 8 heteroatoms. The van der Waals surface area contributed by atoms with Gasteiger partial charge in [0.2, 0.25) is 0 Å². The first-order valence-corrected chi connectivity index (χ1v) is 6.48. The molecule has 1 N–H and O–H groups in total. The molecule has 0 unspecified atom stereocenters. The summed E-state index contributed by atoms with van der Waals surface area (Å²) < 4.78 is 15.4. The Bertz CT molecular complexity index is 708. The lowest BCUT2D eigenvalue weighted by molar-refractivity contribution is -0.133. The summed E-state index contributed by atoms with van der Waals surface area (Å²) in [6.07, 6.45) is 0. The van der Waals surface area contributed by atoms with Crippen molar-refractivity contribution in [3.63, 3.8) is 0 Å². The summed E-state index contributed by atoms with van der Waals surface area (Å²) in [5.74, 6) is -1.36. The Kier molecular flexibility index (Phi) is 4.00. The monoisotopic (exact) mass is 292 g/mol. The molecular weight excluding hydrogens is 283 g/mol. The standard InChI is InChI=1S/C12H9FN4O2S/c1-7-15-16-12(20-6-11(18)19)17(7)10-3-2-8(5-14)4-9(10)13/h2-4H,6H2,1H3,(H,18,19). The molecule has 0 radical (unpaired) electrons. The second-order valence-electron chi connectivity index (χ2n) is 3.83. The lowest BCUT2D eigenvalue weighted by Crippen LogP contribution is -2.05. The van der Waals surface area contributed by atoms with Crippen molar-refractivity contribution in [1.29, 1.82) is 5.26 Å². The number of rotatable bonds is 4. The van der Waals surface area contributed by atoms with Crippen molar-refractivity contribution in [3.05, 3.63) is 35.4 Å². The fourth-order valence-electron chi connectivity index (χ4n) is 1.60. The zero-order valence-electron chi connectivity index (χ0n) is 10.4. The van der Waals surface area contributed by atoms with E-state index in [2.05, 4.69) is 10.2 Å². The number of nitriles is 1. The first-order valence-electron chi connectivity index (χ1n) is 5.49. The maximum Gasteiger partial charge on any atom is 0.313 e. The Labute approximate surface area is 117 Å². The molecule has 20 heavy (non-hydrogen) atoms. The second kappa shape index (κ2) is 5.71. The van der Waals surface area contributed by atoms with Crippen molar-refractivity contribution in [2.75, 3.05) is 5.75 Å². The van der Waals surface area contributed by atoms with Gasteiger partial charge in [-0.3, -0.25) is 9.36 Å². The van der Waals surface area contributed by atoms with Crippen LogP contribution in [0.25, 0.3) is 5.69 Å². The Morgan fingerprint density at radius 2 is 2.30 bits per heavy atom. The highest BCUT2D eigenvalue weighted by molar-refractivity contribution is 7.99. The maximum atomic E-state index is 14.0. The molecule has 0 aliphatic rings. The van der Waals surface area contributed by atoms with Crippen LogP contribution >= 0.6 is 11.8 Å². The molecule has 0 aliphatic carbocycles. The molecular formula is C12H9FN4O2S. The normalized spacial score (nSPS) is 10.2. The van der Waals surface area contributed by atoms with Crippen molar-refractivity contribution >= 4 is 17.7 Å². The number of aryl methyl sites for hydroxylation is 1. The molecule has 0 saturated heterocycles. The second-order valence-corrected chi connectivity index (χ2v) is 4.77. The Hall–Kier alpha value is -2.40. The summed E-state index contributed by atoms with van der Waals surface area (Å²) in [6.45, 7) is 1.63. The predicted molar refractivity (Wildman–Crippen MR) is 69.1 cm³/mol. The molecule has 0 aliphatic heterocycles. The van der Waals surface area contributed by atoms with E-state index in [1.165, 1.54) is 16.7 Å². The van der Waals surface area contributed by atoms with E-state index in [-0.39, 0.29) is 22.2 Å².